The van der Waals surface area contributed by atoms with Gasteiger partial charge in [0, 0.05) is 16.6 Å². The smallest absolute Gasteiger partial charge is 0.405 e. The number of hydrogen-bond donors (Lipinski definition) is 0. The molecule has 1 fully saturated rings. The topological polar surface area (TPSA) is 12.5 Å². The third kappa shape index (κ3) is 5.56. The number of piperidine rings is 1. The summed E-state index contributed by atoms with van der Waals surface area (Å²) in [5, 5.41) is 0. The molecular formula is C14H14BrF6NO. The van der Waals surface area contributed by atoms with Crippen molar-refractivity contribution in [2.24, 2.45) is 5.92 Å². The SMILES string of the molecule is FC(F)(F)Oc1ccc(Br)cc1CN1CCC(C(F)(F)F)CC1. The summed E-state index contributed by atoms with van der Waals surface area (Å²) in [5.41, 5.74) is 0.280. The lowest BCUT2D eigenvalue weighted by Crippen LogP contribution is -2.38. The van der Waals surface area contributed by atoms with Gasteiger partial charge in [0.15, 0.2) is 0 Å². The van der Waals surface area contributed by atoms with Crippen LogP contribution in [0.3, 0.4) is 0 Å². The Kier molecular flexibility index (Phi) is 5.50. The summed E-state index contributed by atoms with van der Waals surface area (Å²) in [6.45, 7) is 0.472. The Bertz CT molecular complexity index is 537. The van der Waals surface area contributed by atoms with E-state index in [-0.39, 0.29) is 43.8 Å². The second kappa shape index (κ2) is 6.88. The van der Waals surface area contributed by atoms with Gasteiger partial charge in [-0.3, -0.25) is 4.90 Å². The molecule has 1 heterocycles. The van der Waals surface area contributed by atoms with Gasteiger partial charge in [-0.05, 0) is 44.1 Å². The molecule has 0 N–H and O–H groups in total. The van der Waals surface area contributed by atoms with Gasteiger partial charge < -0.3 is 4.74 Å². The standard InChI is InChI=1S/C14H14BrF6NO/c15-11-1-2-12(23-14(19,20)21)9(7-11)8-22-5-3-10(4-6-22)13(16,17)18/h1-2,7,10H,3-6,8H2. The molecule has 0 atom stereocenters. The van der Waals surface area contributed by atoms with Crippen LogP contribution in [0.15, 0.2) is 22.7 Å². The molecule has 0 aromatic heterocycles. The Balaban J connectivity index is 2.04. The van der Waals surface area contributed by atoms with E-state index in [2.05, 4.69) is 20.7 Å². The van der Waals surface area contributed by atoms with Gasteiger partial charge in [-0.1, -0.05) is 15.9 Å². The maximum Gasteiger partial charge on any atom is 0.573 e. The quantitative estimate of drug-likeness (QED) is 0.647. The second-order valence-corrected chi connectivity index (χ2v) is 6.31. The maximum atomic E-state index is 12.6. The van der Waals surface area contributed by atoms with Crippen LogP contribution < -0.4 is 4.74 Å². The van der Waals surface area contributed by atoms with Gasteiger partial charge in [-0.2, -0.15) is 13.2 Å². The van der Waals surface area contributed by atoms with Gasteiger partial charge in [0.05, 0.1) is 5.92 Å². The van der Waals surface area contributed by atoms with Crippen molar-refractivity contribution in [1.82, 2.24) is 4.90 Å². The lowest BCUT2D eigenvalue weighted by atomic mass is 9.96. The summed E-state index contributed by atoms with van der Waals surface area (Å²) in [4.78, 5) is 1.70. The number of ether oxygens (including phenoxy) is 1. The molecule has 1 saturated heterocycles. The van der Waals surface area contributed by atoms with Crippen LogP contribution in [0.2, 0.25) is 0 Å². The lowest BCUT2D eigenvalue weighted by molar-refractivity contribution is -0.275. The molecule has 23 heavy (non-hydrogen) atoms. The van der Waals surface area contributed by atoms with Gasteiger partial charge in [0.25, 0.3) is 0 Å². The maximum absolute atomic E-state index is 12.6. The molecule has 0 aliphatic carbocycles. The molecule has 130 valence electrons. The lowest BCUT2D eigenvalue weighted by Gasteiger charge is -2.33. The normalized spacial score (nSPS) is 18.2. The summed E-state index contributed by atoms with van der Waals surface area (Å²) < 4.78 is 79.7. The van der Waals surface area contributed by atoms with Crippen LogP contribution in [-0.4, -0.2) is 30.5 Å². The van der Waals surface area contributed by atoms with Crippen LogP contribution in [-0.2, 0) is 6.54 Å². The summed E-state index contributed by atoms with van der Waals surface area (Å²) in [5.74, 6) is -1.68. The molecule has 0 spiro atoms. The van der Waals surface area contributed by atoms with Crippen LogP contribution in [0.25, 0.3) is 0 Å². The fourth-order valence-corrected chi connectivity index (χ4v) is 2.96. The molecule has 2 rings (SSSR count). The first-order valence-corrected chi connectivity index (χ1v) is 7.67. The van der Waals surface area contributed by atoms with Gasteiger partial charge in [0.1, 0.15) is 5.75 Å². The molecule has 1 aromatic carbocycles. The molecule has 9 heteroatoms. The molecule has 1 aliphatic rings. The molecular weight excluding hydrogens is 392 g/mol. The molecule has 1 aromatic rings. The van der Waals surface area contributed by atoms with Crippen LogP contribution in [0.1, 0.15) is 18.4 Å². The number of halogens is 7. The molecule has 1 aliphatic heterocycles. The third-order valence-electron chi connectivity index (χ3n) is 3.69. The number of alkyl halides is 6. The molecule has 0 radical (unpaired) electrons. The van der Waals surface area contributed by atoms with Crippen molar-refractivity contribution in [3.8, 4) is 5.75 Å². The number of benzene rings is 1. The zero-order valence-electron chi connectivity index (χ0n) is 11.8. The summed E-state index contributed by atoms with van der Waals surface area (Å²) in [6, 6.07) is 4.09. The van der Waals surface area contributed by atoms with Gasteiger partial charge >= 0.3 is 12.5 Å². The van der Waals surface area contributed by atoms with Crippen LogP contribution in [0.5, 0.6) is 5.75 Å². The van der Waals surface area contributed by atoms with Crippen molar-refractivity contribution in [2.45, 2.75) is 31.9 Å². The van der Waals surface area contributed by atoms with Crippen LogP contribution in [0, 0.1) is 5.92 Å². The first-order valence-electron chi connectivity index (χ1n) is 6.88. The number of rotatable bonds is 3. The van der Waals surface area contributed by atoms with Crippen molar-refractivity contribution in [3.05, 3.63) is 28.2 Å². The van der Waals surface area contributed by atoms with Crippen molar-refractivity contribution in [1.29, 1.82) is 0 Å². The third-order valence-corrected chi connectivity index (χ3v) is 4.19. The molecule has 0 bridgehead atoms. The van der Waals surface area contributed by atoms with E-state index >= 15 is 0 Å². The zero-order chi connectivity index (χ0) is 17.3. The molecule has 0 unspecified atom stereocenters. The number of likely N-dealkylation sites (tertiary alicyclic amines) is 1. The molecule has 0 amide bonds. The fourth-order valence-electron chi connectivity index (χ4n) is 2.56. The van der Waals surface area contributed by atoms with E-state index in [0.717, 1.165) is 0 Å². The van der Waals surface area contributed by atoms with E-state index in [0.29, 0.717) is 4.47 Å². The van der Waals surface area contributed by atoms with E-state index in [1.807, 2.05) is 0 Å². The zero-order valence-corrected chi connectivity index (χ0v) is 13.4. The monoisotopic (exact) mass is 405 g/mol. The van der Waals surface area contributed by atoms with E-state index in [9.17, 15) is 26.3 Å². The largest absolute Gasteiger partial charge is 0.573 e. The Morgan fingerprint density at radius 2 is 1.70 bits per heavy atom. The summed E-state index contributed by atoms with van der Waals surface area (Å²) >= 11 is 3.17. The minimum atomic E-state index is -4.81. The number of nitrogens with zero attached hydrogens (tertiary/aromatic N) is 1. The van der Waals surface area contributed by atoms with E-state index < -0.39 is 18.5 Å². The first-order chi connectivity index (χ1) is 10.5. The second-order valence-electron chi connectivity index (χ2n) is 5.39. The van der Waals surface area contributed by atoms with Gasteiger partial charge in [-0.15, -0.1) is 13.2 Å². The molecule has 0 saturated carbocycles. The Morgan fingerprint density at radius 3 is 2.22 bits per heavy atom. The van der Waals surface area contributed by atoms with Gasteiger partial charge in [0.2, 0.25) is 0 Å². The predicted molar refractivity (Wildman–Crippen MR) is 74.9 cm³/mol. The van der Waals surface area contributed by atoms with E-state index in [1.54, 1.807) is 4.90 Å². The molecule has 2 nitrogen and oxygen atoms in total. The van der Waals surface area contributed by atoms with Crippen molar-refractivity contribution >= 4 is 15.9 Å². The Labute approximate surface area is 137 Å². The van der Waals surface area contributed by atoms with Crippen molar-refractivity contribution in [2.75, 3.05) is 13.1 Å². The highest BCUT2D eigenvalue weighted by atomic mass is 79.9. The van der Waals surface area contributed by atoms with Crippen molar-refractivity contribution in [3.63, 3.8) is 0 Å². The summed E-state index contributed by atoms with van der Waals surface area (Å²) in [7, 11) is 0. The highest BCUT2D eigenvalue weighted by Crippen LogP contribution is 2.35. The highest BCUT2D eigenvalue weighted by molar-refractivity contribution is 9.10. The fraction of sp³-hybridized carbons (Fsp3) is 0.571. The minimum absolute atomic E-state index is 0.0486. The Morgan fingerprint density at radius 1 is 1.09 bits per heavy atom. The predicted octanol–water partition coefficient (Wildman–Crippen LogP) is 5.12. The first kappa shape index (κ1) is 18.4. The van der Waals surface area contributed by atoms with Crippen LogP contribution >= 0.6 is 15.9 Å². The minimum Gasteiger partial charge on any atom is -0.405 e. The van der Waals surface area contributed by atoms with Crippen LogP contribution in [0.4, 0.5) is 26.3 Å². The van der Waals surface area contributed by atoms with E-state index in [1.165, 1.54) is 18.2 Å². The summed E-state index contributed by atoms with van der Waals surface area (Å²) in [6.07, 6.45) is -9.13. The van der Waals surface area contributed by atoms with E-state index in [4.69, 9.17) is 0 Å². The average Bonchev–Trinajstić information content (AvgIpc) is 2.40. The number of hydrogen-bond acceptors (Lipinski definition) is 2. The van der Waals surface area contributed by atoms with Gasteiger partial charge in [-0.25, -0.2) is 0 Å². The van der Waals surface area contributed by atoms with Crippen molar-refractivity contribution < 1.29 is 31.1 Å². The Hall–Kier alpha value is -0.960. The highest BCUT2D eigenvalue weighted by Gasteiger charge is 2.41. The average molecular weight is 406 g/mol.